The summed E-state index contributed by atoms with van der Waals surface area (Å²) in [4.78, 5) is 11.9. The summed E-state index contributed by atoms with van der Waals surface area (Å²) in [5.74, 6) is -0.00388. The van der Waals surface area contributed by atoms with Gasteiger partial charge < -0.3 is 10.6 Å². The third-order valence-electron chi connectivity index (χ3n) is 3.52. The smallest absolute Gasteiger partial charge is 0.225 e. The second-order valence-electron chi connectivity index (χ2n) is 5.27. The van der Waals surface area contributed by atoms with Crippen molar-refractivity contribution in [3.63, 3.8) is 0 Å². The van der Waals surface area contributed by atoms with E-state index in [2.05, 4.69) is 15.7 Å². The Morgan fingerprint density at radius 2 is 2.05 bits per heavy atom. The van der Waals surface area contributed by atoms with Crippen molar-refractivity contribution in [3.05, 3.63) is 46.2 Å². The molecule has 0 bridgehead atoms. The van der Waals surface area contributed by atoms with E-state index in [4.69, 9.17) is 11.6 Å². The number of halogens is 1. The monoisotopic (exact) mass is 320 g/mol. The van der Waals surface area contributed by atoms with Crippen LogP contribution < -0.4 is 10.6 Å². The number of hydrogen-bond donors (Lipinski definition) is 2. The van der Waals surface area contributed by atoms with Crippen LogP contribution in [0.1, 0.15) is 23.2 Å². The maximum atomic E-state index is 11.9. The largest absolute Gasteiger partial charge is 0.326 e. The molecule has 0 aliphatic rings. The van der Waals surface area contributed by atoms with Gasteiger partial charge in [-0.3, -0.25) is 9.48 Å². The molecule has 1 heterocycles. The molecule has 0 saturated carbocycles. The van der Waals surface area contributed by atoms with Gasteiger partial charge in [0.1, 0.15) is 5.15 Å². The van der Waals surface area contributed by atoms with Gasteiger partial charge in [0, 0.05) is 37.8 Å². The van der Waals surface area contributed by atoms with Gasteiger partial charge in [-0.05, 0) is 25.5 Å². The van der Waals surface area contributed by atoms with Gasteiger partial charge in [-0.15, -0.1) is 0 Å². The van der Waals surface area contributed by atoms with Crippen molar-refractivity contribution < 1.29 is 4.79 Å². The lowest BCUT2D eigenvalue weighted by Crippen LogP contribution is -2.22. The van der Waals surface area contributed by atoms with E-state index in [1.54, 1.807) is 4.68 Å². The molecule has 0 radical (unpaired) electrons. The van der Waals surface area contributed by atoms with Gasteiger partial charge in [-0.25, -0.2) is 0 Å². The van der Waals surface area contributed by atoms with Crippen LogP contribution in [0.3, 0.4) is 0 Å². The first-order valence-electron chi connectivity index (χ1n) is 7.23. The van der Waals surface area contributed by atoms with Gasteiger partial charge in [0.15, 0.2) is 0 Å². The molecule has 1 amide bonds. The van der Waals surface area contributed by atoms with Gasteiger partial charge >= 0.3 is 0 Å². The number of amides is 1. The zero-order chi connectivity index (χ0) is 16.1. The van der Waals surface area contributed by atoms with Gasteiger partial charge in [-0.2, -0.15) is 5.10 Å². The second-order valence-corrected chi connectivity index (χ2v) is 5.63. The Hall–Kier alpha value is -1.85. The lowest BCUT2D eigenvalue weighted by Gasteiger charge is -2.08. The Kier molecular flexibility index (Phi) is 5.57. The first-order chi connectivity index (χ1) is 10.5. The van der Waals surface area contributed by atoms with Crippen molar-refractivity contribution in [2.24, 2.45) is 7.05 Å². The number of benzene rings is 1. The molecule has 0 unspecified atom stereocenters. The number of nitrogens with one attached hydrogen (secondary N) is 2. The fourth-order valence-electron chi connectivity index (χ4n) is 2.22. The maximum Gasteiger partial charge on any atom is 0.225 e. The average molecular weight is 321 g/mol. The van der Waals surface area contributed by atoms with Crippen molar-refractivity contribution in [3.8, 4) is 0 Å². The van der Waals surface area contributed by atoms with Crippen LogP contribution in [0.15, 0.2) is 24.3 Å². The number of nitrogens with zero attached hydrogens (tertiary/aromatic N) is 2. The summed E-state index contributed by atoms with van der Waals surface area (Å²) in [7, 11) is 1.81. The van der Waals surface area contributed by atoms with E-state index in [-0.39, 0.29) is 5.91 Å². The number of carbonyl (C=O) groups excluding carboxylic acids is 1. The molecular formula is C16H21ClN4O. The third kappa shape index (κ3) is 4.08. The molecule has 0 aliphatic carbocycles. The minimum atomic E-state index is -0.00388. The molecule has 5 nitrogen and oxygen atoms in total. The predicted octanol–water partition coefficient (Wildman–Crippen LogP) is 2.81. The van der Waals surface area contributed by atoms with E-state index >= 15 is 0 Å². The molecule has 0 aliphatic heterocycles. The molecule has 2 aromatic rings. The van der Waals surface area contributed by atoms with Crippen molar-refractivity contribution in [2.45, 2.75) is 26.8 Å². The molecule has 2 N–H and O–H groups in total. The van der Waals surface area contributed by atoms with Crippen molar-refractivity contribution in [1.29, 1.82) is 0 Å². The molecule has 6 heteroatoms. The molecule has 118 valence electrons. The molecule has 0 atom stereocenters. The van der Waals surface area contributed by atoms with E-state index < -0.39 is 0 Å². The van der Waals surface area contributed by atoms with Crippen LogP contribution in [0.4, 0.5) is 5.69 Å². The maximum absolute atomic E-state index is 11.9. The molecule has 1 aromatic carbocycles. The van der Waals surface area contributed by atoms with Gasteiger partial charge in [0.2, 0.25) is 5.91 Å². The molecule has 1 aromatic heterocycles. The van der Waals surface area contributed by atoms with Gasteiger partial charge in [0.25, 0.3) is 0 Å². The Balaban J connectivity index is 1.77. The van der Waals surface area contributed by atoms with Crippen LogP contribution in [0, 0.1) is 13.8 Å². The Labute approximate surface area is 135 Å². The molecule has 0 spiro atoms. The predicted molar refractivity (Wildman–Crippen MR) is 89.1 cm³/mol. The number of rotatable bonds is 6. The molecule has 22 heavy (non-hydrogen) atoms. The molecule has 0 saturated heterocycles. The summed E-state index contributed by atoms with van der Waals surface area (Å²) in [5, 5.41) is 11.0. The minimum Gasteiger partial charge on any atom is -0.326 e. The first kappa shape index (κ1) is 16.5. The average Bonchev–Trinajstić information content (AvgIpc) is 2.72. The molecule has 2 rings (SSSR count). The van der Waals surface area contributed by atoms with Crippen LogP contribution in [-0.4, -0.2) is 22.2 Å². The van der Waals surface area contributed by atoms with Crippen LogP contribution in [0.5, 0.6) is 0 Å². The van der Waals surface area contributed by atoms with Crippen LogP contribution in [-0.2, 0) is 18.4 Å². The van der Waals surface area contributed by atoms with Gasteiger partial charge in [-0.1, -0.05) is 29.8 Å². The number of aromatic nitrogens is 2. The molecular weight excluding hydrogens is 300 g/mol. The lowest BCUT2D eigenvalue weighted by atomic mass is 10.2. The van der Waals surface area contributed by atoms with Crippen LogP contribution in [0.2, 0.25) is 5.15 Å². The van der Waals surface area contributed by atoms with E-state index in [1.165, 1.54) is 0 Å². The highest BCUT2D eigenvalue weighted by atomic mass is 35.5. The summed E-state index contributed by atoms with van der Waals surface area (Å²) >= 11 is 6.16. The van der Waals surface area contributed by atoms with Crippen LogP contribution in [0.25, 0.3) is 0 Å². The molecule has 0 fully saturated rings. The quantitative estimate of drug-likeness (QED) is 0.805. The fraction of sp³-hybridized carbons (Fsp3) is 0.375. The van der Waals surface area contributed by atoms with Crippen molar-refractivity contribution in [2.75, 3.05) is 11.9 Å². The van der Waals surface area contributed by atoms with E-state index in [0.717, 1.165) is 22.5 Å². The van der Waals surface area contributed by atoms with Gasteiger partial charge in [0.05, 0.1) is 5.69 Å². The van der Waals surface area contributed by atoms with E-state index in [0.29, 0.717) is 24.7 Å². The highest BCUT2D eigenvalue weighted by Gasteiger charge is 2.10. The minimum absolute atomic E-state index is 0.00388. The number of para-hydroxylation sites is 1. The Morgan fingerprint density at radius 1 is 1.32 bits per heavy atom. The van der Waals surface area contributed by atoms with Crippen LogP contribution >= 0.6 is 11.6 Å². The Morgan fingerprint density at radius 3 is 2.68 bits per heavy atom. The van der Waals surface area contributed by atoms with E-state index in [9.17, 15) is 4.79 Å². The third-order valence-corrected chi connectivity index (χ3v) is 3.99. The van der Waals surface area contributed by atoms with Crippen molar-refractivity contribution in [1.82, 2.24) is 15.1 Å². The number of hydrogen-bond acceptors (Lipinski definition) is 3. The Bertz CT molecular complexity index is 666. The van der Waals surface area contributed by atoms with Crippen molar-refractivity contribution >= 4 is 23.2 Å². The number of anilines is 1. The zero-order valence-electron chi connectivity index (χ0n) is 13.1. The zero-order valence-corrected chi connectivity index (χ0v) is 13.9. The lowest BCUT2D eigenvalue weighted by molar-refractivity contribution is -0.116. The summed E-state index contributed by atoms with van der Waals surface area (Å²) in [6.45, 7) is 5.09. The second kappa shape index (κ2) is 7.42. The fourth-order valence-corrected chi connectivity index (χ4v) is 2.46. The number of aryl methyl sites for hydroxylation is 3. The first-order valence-corrected chi connectivity index (χ1v) is 7.61. The summed E-state index contributed by atoms with van der Waals surface area (Å²) in [6.07, 6.45) is 0.408. The standard InChI is InChI=1S/C16H21ClN4O/c1-11-6-4-5-7-14(11)19-15(22)8-9-18-10-13-12(2)20-21(3)16(13)17/h4-7,18H,8-10H2,1-3H3,(H,19,22). The summed E-state index contributed by atoms with van der Waals surface area (Å²) < 4.78 is 1.65. The topological polar surface area (TPSA) is 59.0 Å². The summed E-state index contributed by atoms with van der Waals surface area (Å²) in [5.41, 5.74) is 3.80. The van der Waals surface area contributed by atoms with E-state index in [1.807, 2.05) is 45.2 Å². The highest BCUT2D eigenvalue weighted by molar-refractivity contribution is 6.30. The highest BCUT2D eigenvalue weighted by Crippen LogP contribution is 2.18. The SMILES string of the molecule is Cc1ccccc1NC(=O)CCNCc1c(C)nn(C)c1Cl. The summed E-state index contributed by atoms with van der Waals surface area (Å²) in [6, 6.07) is 7.74. The normalized spacial score (nSPS) is 10.7. The number of carbonyl (C=O) groups is 1.